The lowest BCUT2D eigenvalue weighted by atomic mass is 9.87. The molecule has 2 N–H and O–H groups in total. The summed E-state index contributed by atoms with van der Waals surface area (Å²) in [7, 11) is 0. The van der Waals surface area contributed by atoms with Crippen molar-refractivity contribution in [3.63, 3.8) is 0 Å². The van der Waals surface area contributed by atoms with Gasteiger partial charge >= 0.3 is 6.03 Å². The molecule has 0 saturated heterocycles. The Kier molecular flexibility index (Phi) is 4.74. The number of carbonyl (C=O) groups excluding carboxylic acids is 2. The van der Waals surface area contributed by atoms with Crippen LogP contribution in [0.15, 0.2) is 59.6 Å². The minimum Gasteiger partial charge on any atom is -0.328 e. The number of nitro groups is 1. The Morgan fingerprint density at radius 2 is 1.81 bits per heavy atom. The van der Waals surface area contributed by atoms with Crippen molar-refractivity contribution < 1.29 is 14.5 Å². The van der Waals surface area contributed by atoms with Gasteiger partial charge in [0.2, 0.25) is 5.91 Å². The Labute approximate surface area is 149 Å². The minimum absolute atomic E-state index is 0.0622. The summed E-state index contributed by atoms with van der Waals surface area (Å²) in [6.07, 6.45) is 0. The summed E-state index contributed by atoms with van der Waals surface area (Å²) in [5, 5.41) is 16.2. The van der Waals surface area contributed by atoms with E-state index in [1.54, 1.807) is 6.92 Å². The summed E-state index contributed by atoms with van der Waals surface area (Å²) in [4.78, 5) is 38.7. The van der Waals surface area contributed by atoms with Crippen LogP contribution in [-0.4, -0.2) is 22.6 Å². The van der Waals surface area contributed by atoms with E-state index >= 15 is 0 Å². The van der Waals surface area contributed by atoms with Crippen molar-refractivity contribution in [3.05, 3.63) is 70.3 Å². The van der Waals surface area contributed by atoms with Gasteiger partial charge in [0.05, 0.1) is 11.0 Å². The van der Waals surface area contributed by atoms with Gasteiger partial charge in [0, 0.05) is 23.5 Å². The molecule has 132 valence electrons. The molecule has 2 atom stereocenters. The lowest BCUT2D eigenvalue weighted by Crippen LogP contribution is -2.45. The summed E-state index contributed by atoms with van der Waals surface area (Å²) >= 11 is 0. The average molecular weight is 352 g/mol. The van der Waals surface area contributed by atoms with Crippen molar-refractivity contribution in [1.82, 2.24) is 5.32 Å². The highest BCUT2D eigenvalue weighted by Crippen LogP contribution is 2.28. The molecular weight excluding hydrogens is 336 g/mol. The summed E-state index contributed by atoms with van der Waals surface area (Å²) < 4.78 is 0. The van der Waals surface area contributed by atoms with E-state index in [1.807, 2.05) is 30.3 Å². The third-order valence-electron chi connectivity index (χ3n) is 4.13. The topological polar surface area (TPSA) is 114 Å². The maximum absolute atomic E-state index is 12.8. The van der Waals surface area contributed by atoms with Gasteiger partial charge in [-0.05, 0) is 24.6 Å². The maximum atomic E-state index is 12.8. The van der Waals surface area contributed by atoms with E-state index in [0.29, 0.717) is 11.4 Å². The second-order valence-electron chi connectivity index (χ2n) is 5.86. The van der Waals surface area contributed by atoms with Crippen molar-refractivity contribution in [3.8, 4) is 0 Å². The van der Waals surface area contributed by atoms with Gasteiger partial charge in [0.25, 0.3) is 5.69 Å². The molecule has 2 unspecified atom stereocenters. The number of non-ortho nitro benzene ring substituents is 1. The Morgan fingerprint density at radius 1 is 1.15 bits per heavy atom. The molecule has 2 aromatic carbocycles. The van der Waals surface area contributed by atoms with Gasteiger partial charge in [-0.2, -0.15) is 0 Å². The monoisotopic (exact) mass is 352 g/mol. The van der Waals surface area contributed by atoms with Crippen molar-refractivity contribution in [2.45, 2.75) is 13.0 Å². The van der Waals surface area contributed by atoms with Crippen LogP contribution in [0.1, 0.15) is 18.5 Å². The number of benzene rings is 2. The fourth-order valence-electron chi connectivity index (χ4n) is 2.88. The zero-order valence-electron chi connectivity index (χ0n) is 13.9. The number of aliphatic imine (C=N–C) groups is 1. The number of hydrogen-bond acceptors (Lipinski definition) is 4. The van der Waals surface area contributed by atoms with Gasteiger partial charge in [-0.3, -0.25) is 14.9 Å². The highest BCUT2D eigenvalue weighted by molar-refractivity contribution is 6.13. The molecule has 3 amide bonds. The number of hydrogen-bond donors (Lipinski definition) is 2. The zero-order chi connectivity index (χ0) is 18.7. The number of anilines is 1. The number of amides is 3. The van der Waals surface area contributed by atoms with Crippen LogP contribution >= 0.6 is 0 Å². The van der Waals surface area contributed by atoms with Gasteiger partial charge in [0.15, 0.2) is 0 Å². The molecule has 0 aromatic heterocycles. The molecule has 1 aliphatic heterocycles. The van der Waals surface area contributed by atoms with E-state index in [9.17, 15) is 19.7 Å². The molecule has 0 bridgehead atoms. The fourth-order valence-corrected chi connectivity index (χ4v) is 2.88. The van der Waals surface area contributed by atoms with Crippen LogP contribution in [0.4, 0.5) is 16.2 Å². The average Bonchev–Trinajstić information content (AvgIpc) is 2.62. The maximum Gasteiger partial charge on any atom is 0.341 e. The van der Waals surface area contributed by atoms with Crippen LogP contribution in [0, 0.1) is 16.0 Å². The predicted octanol–water partition coefficient (Wildman–Crippen LogP) is 3.07. The van der Waals surface area contributed by atoms with Crippen LogP contribution in [0.2, 0.25) is 0 Å². The molecule has 0 radical (unpaired) electrons. The van der Waals surface area contributed by atoms with Gasteiger partial charge < -0.3 is 10.6 Å². The van der Waals surface area contributed by atoms with E-state index in [4.69, 9.17) is 0 Å². The summed E-state index contributed by atoms with van der Waals surface area (Å²) in [5.74, 6) is -1.04. The third-order valence-corrected chi connectivity index (χ3v) is 4.13. The van der Waals surface area contributed by atoms with E-state index in [2.05, 4.69) is 15.6 Å². The van der Waals surface area contributed by atoms with Crippen molar-refractivity contribution in [1.29, 1.82) is 0 Å². The molecule has 0 aliphatic carbocycles. The van der Waals surface area contributed by atoms with Gasteiger partial charge in [-0.1, -0.05) is 30.3 Å². The van der Waals surface area contributed by atoms with Gasteiger partial charge in [-0.15, -0.1) is 0 Å². The Morgan fingerprint density at radius 3 is 2.42 bits per heavy atom. The largest absolute Gasteiger partial charge is 0.341 e. The van der Waals surface area contributed by atoms with Crippen molar-refractivity contribution in [2.75, 3.05) is 5.32 Å². The van der Waals surface area contributed by atoms with Gasteiger partial charge in [0.1, 0.15) is 5.92 Å². The first-order valence-electron chi connectivity index (χ1n) is 7.91. The quantitative estimate of drug-likeness (QED) is 0.650. The first kappa shape index (κ1) is 17.3. The number of rotatable bonds is 4. The number of nitro benzene ring substituents is 1. The SMILES string of the molecule is CC1=NC(=O)NC(c2ccccc2)C1C(=O)Nc1ccc([N+](=O)[O-])cc1. The zero-order valence-corrected chi connectivity index (χ0v) is 13.9. The Bertz CT molecular complexity index is 878. The highest BCUT2D eigenvalue weighted by Gasteiger charge is 2.36. The predicted molar refractivity (Wildman–Crippen MR) is 96.0 cm³/mol. The summed E-state index contributed by atoms with van der Waals surface area (Å²) in [5.41, 5.74) is 1.56. The molecule has 1 heterocycles. The molecular formula is C18H16N4O4. The lowest BCUT2D eigenvalue weighted by Gasteiger charge is -2.30. The summed E-state index contributed by atoms with van der Waals surface area (Å²) in [6.45, 7) is 1.63. The molecule has 8 nitrogen and oxygen atoms in total. The second-order valence-corrected chi connectivity index (χ2v) is 5.86. The third kappa shape index (κ3) is 3.59. The number of nitrogens with one attached hydrogen (secondary N) is 2. The highest BCUT2D eigenvalue weighted by atomic mass is 16.6. The van der Waals surface area contributed by atoms with Crippen LogP contribution in [0.3, 0.4) is 0 Å². The number of urea groups is 1. The standard InChI is InChI=1S/C18H16N4O4/c1-11-15(16(21-18(24)19-11)12-5-3-2-4-6-12)17(23)20-13-7-9-14(10-8-13)22(25)26/h2-10,15-16H,1H3,(H,20,23)(H,21,24). The fraction of sp³-hybridized carbons (Fsp3) is 0.167. The first-order valence-corrected chi connectivity index (χ1v) is 7.91. The Hall–Kier alpha value is -3.55. The second kappa shape index (κ2) is 7.14. The van der Waals surface area contributed by atoms with Crippen LogP contribution < -0.4 is 10.6 Å². The molecule has 26 heavy (non-hydrogen) atoms. The van der Waals surface area contributed by atoms with Gasteiger partial charge in [-0.25, -0.2) is 9.79 Å². The van der Waals surface area contributed by atoms with E-state index in [0.717, 1.165) is 5.56 Å². The van der Waals surface area contributed by atoms with E-state index < -0.39 is 22.9 Å². The minimum atomic E-state index is -0.690. The van der Waals surface area contributed by atoms with Crippen LogP contribution in [0.25, 0.3) is 0 Å². The van der Waals surface area contributed by atoms with Crippen molar-refractivity contribution >= 4 is 29.0 Å². The molecule has 1 aliphatic rings. The van der Waals surface area contributed by atoms with Crippen LogP contribution in [0.5, 0.6) is 0 Å². The number of nitrogens with zero attached hydrogens (tertiary/aromatic N) is 2. The van der Waals surface area contributed by atoms with Crippen molar-refractivity contribution in [2.24, 2.45) is 10.9 Å². The molecule has 0 saturated carbocycles. The lowest BCUT2D eigenvalue weighted by molar-refractivity contribution is -0.384. The molecule has 3 rings (SSSR count). The normalized spacial score (nSPS) is 19.3. The van der Waals surface area contributed by atoms with E-state index in [1.165, 1.54) is 24.3 Å². The first-order chi connectivity index (χ1) is 12.5. The number of carbonyl (C=O) groups is 2. The van der Waals surface area contributed by atoms with E-state index in [-0.39, 0.29) is 11.6 Å². The molecule has 8 heteroatoms. The molecule has 0 fully saturated rings. The van der Waals surface area contributed by atoms with Crippen LogP contribution in [-0.2, 0) is 4.79 Å². The Balaban J connectivity index is 1.86. The molecule has 2 aromatic rings. The molecule has 0 spiro atoms. The summed E-state index contributed by atoms with van der Waals surface area (Å²) in [6, 6.07) is 13.7. The smallest absolute Gasteiger partial charge is 0.328 e.